The van der Waals surface area contributed by atoms with Crippen LogP contribution >= 0.6 is 12.4 Å². The number of ketones is 2. The van der Waals surface area contributed by atoms with Gasteiger partial charge in [0, 0.05) is 66.8 Å². The van der Waals surface area contributed by atoms with Gasteiger partial charge >= 0.3 is 6.09 Å². The largest absolute Gasteiger partial charge is 0.507 e. The number of nitrogens with two attached hydrogens (primary N) is 1. The summed E-state index contributed by atoms with van der Waals surface area (Å²) in [6.45, 7) is 1.59. The number of para-hydroxylation sites is 1. The molecule has 6 N–H and O–H groups in total. The number of anilines is 1. The van der Waals surface area contributed by atoms with Crippen LogP contribution in [0.2, 0.25) is 0 Å². The molecule has 0 aromatic heterocycles. The number of phenols is 2. The zero-order chi connectivity index (χ0) is 32.7. The predicted octanol–water partition coefficient (Wildman–Crippen LogP) is 4.15. The van der Waals surface area contributed by atoms with Gasteiger partial charge in [0.1, 0.15) is 11.5 Å². The van der Waals surface area contributed by atoms with E-state index in [-0.39, 0.29) is 84.2 Å². The summed E-state index contributed by atoms with van der Waals surface area (Å²) < 4.78 is 23.2. The van der Waals surface area contributed by atoms with Crippen LogP contribution in [0.15, 0.2) is 54.6 Å². The van der Waals surface area contributed by atoms with Gasteiger partial charge in [0.2, 0.25) is 0 Å². The maximum atomic E-state index is 13.6. The Balaban J connectivity index is 0.00000433. The Bertz CT molecular complexity index is 1670. The Morgan fingerprint density at radius 3 is 2.26 bits per heavy atom. The molecule has 13 heteroatoms. The van der Waals surface area contributed by atoms with Crippen molar-refractivity contribution in [2.45, 2.75) is 68.9 Å². The molecule has 1 saturated heterocycles. The third-order valence-electron chi connectivity index (χ3n) is 8.98. The van der Waals surface area contributed by atoms with Gasteiger partial charge in [-0.25, -0.2) is 4.79 Å². The molecule has 0 saturated carbocycles. The van der Waals surface area contributed by atoms with Gasteiger partial charge in [-0.15, -0.1) is 12.4 Å². The molecule has 2 aliphatic carbocycles. The molecule has 1 aliphatic heterocycles. The molecule has 3 aromatic carbocycles. The van der Waals surface area contributed by atoms with E-state index in [0.717, 1.165) is 0 Å². The number of aromatic hydroxyl groups is 2. The summed E-state index contributed by atoms with van der Waals surface area (Å²) in [5, 5.41) is 37.7. The normalized spacial score (nSPS) is 26.3. The maximum Gasteiger partial charge on any atom is 0.411 e. The Hall–Kier alpha value is -4.04. The van der Waals surface area contributed by atoms with Crippen molar-refractivity contribution in [3.05, 3.63) is 88.0 Å². The molecule has 0 radical (unpaired) electrons. The van der Waals surface area contributed by atoms with Gasteiger partial charge in [0.15, 0.2) is 17.9 Å². The van der Waals surface area contributed by atoms with E-state index >= 15 is 0 Å². The first-order valence-corrected chi connectivity index (χ1v) is 15.1. The molecule has 0 bridgehead atoms. The molecule has 3 aromatic rings. The minimum atomic E-state index is -1.63. The molecule has 47 heavy (non-hydrogen) atoms. The number of carbonyl (C=O) groups is 3. The number of halogens is 1. The highest BCUT2D eigenvalue weighted by Gasteiger charge is 2.47. The van der Waals surface area contributed by atoms with Gasteiger partial charge in [-0.1, -0.05) is 42.5 Å². The van der Waals surface area contributed by atoms with Crippen molar-refractivity contribution in [2.75, 3.05) is 19.0 Å². The van der Waals surface area contributed by atoms with E-state index in [0.29, 0.717) is 5.69 Å². The smallest absolute Gasteiger partial charge is 0.411 e. The average Bonchev–Trinajstić information content (AvgIpc) is 3.01. The lowest BCUT2D eigenvalue weighted by Gasteiger charge is -2.43. The van der Waals surface area contributed by atoms with Gasteiger partial charge in [0.05, 0.1) is 41.6 Å². The molecule has 250 valence electrons. The Morgan fingerprint density at radius 1 is 1.02 bits per heavy atom. The van der Waals surface area contributed by atoms with Gasteiger partial charge in [-0.05, 0) is 19.1 Å². The fraction of sp³-hybridized carbons (Fsp3) is 0.382. The summed E-state index contributed by atoms with van der Waals surface area (Å²) in [6.07, 6.45) is -3.75. The highest BCUT2D eigenvalue weighted by Crippen LogP contribution is 2.52. The number of hydrogen-bond acceptors (Lipinski definition) is 11. The number of phenolic OH excluding ortho intramolecular Hbond substituents is 2. The monoisotopic (exact) mass is 668 g/mol. The molecule has 1 amide bonds. The summed E-state index contributed by atoms with van der Waals surface area (Å²) >= 11 is 0. The van der Waals surface area contributed by atoms with Crippen molar-refractivity contribution in [1.82, 2.24) is 0 Å². The number of aliphatic hydroxyl groups is 1. The molecule has 1 fully saturated rings. The third kappa shape index (κ3) is 6.45. The molecule has 6 rings (SSSR count). The van der Waals surface area contributed by atoms with Crippen LogP contribution < -0.4 is 11.1 Å². The van der Waals surface area contributed by atoms with Crippen molar-refractivity contribution in [1.29, 1.82) is 0 Å². The van der Waals surface area contributed by atoms with Crippen molar-refractivity contribution in [2.24, 2.45) is 5.73 Å². The molecule has 12 nitrogen and oxygen atoms in total. The summed E-state index contributed by atoms with van der Waals surface area (Å²) in [4.78, 5) is 39.6. The van der Waals surface area contributed by atoms with Crippen molar-refractivity contribution < 1.29 is 48.7 Å². The van der Waals surface area contributed by atoms with Gasteiger partial charge in [-0.3, -0.25) is 14.9 Å². The number of amides is 1. The lowest BCUT2D eigenvalue weighted by atomic mass is 9.72. The predicted molar refractivity (Wildman–Crippen MR) is 171 cm³/mol. The van der Waals surface area contributed by atoms with Crippen LogP contribution in [0.25, 0.3) is 0 Å². The number of fused-ring (bicyclic) bond motifs is 3. The lowest BCUT2D eigenvalue weighted by molar-refractivity contribution is -0.251. The minimum absolute atomic E-state index is 0. The zero-order valence-corrected chi connectivity index (χ0v) is 26.6. The average molecular weight is 669 g/mol. The fourth-order valence-corrected chi connectivity index (χ4v) is 6.79. The van der Waals surface area contributed by atoms with Crippen molar-refractivity contribution >= 4 is 35.8 Å². The summed E-state index contributed by atoms with van der Waals surface area (Å²) in [5.41, 5.74) is 4.90. The Morgan fingerprint density at radius 2 is 1.64 bits per heavy atom. The first-order chi connectivity index (χ1) is 22.0. The van der Waals surface area contributed by atoms with E-state index < -0.39 is 59.3 Å². The van der Waals surface area contributed by atoms with E-state index in [9.17, 15) is 29.7 Å². The van der Waals surface area contributed by atoms with Crippen LogP contribution in [0.4, 0.5) is 10.5 Å². The Labute approximate surface area is 277 Å². The van der Waals surface area contributed by atoms with Crippen LogP contribution in [0.1, 0.15) is 75.3 Å². The zero-order valence-electron chi connectivity index (χ0n) is 25.8. The first-order valence-electron chi connectivity index (χ1n) is 15.1. The standard InChI is InChI=1S/C34H36N2O10.ClH/c1-17-32(43-2)22(35)14-24(45-17)46-23-16-34(42,12-13-44-33(41)36-18-8-4-3-5-9-18)15-21-25(23)31(40)27-26(30(21)39)28(37)19-10-6-7-11-20(19)29(27)38;/h3-11,17,22-24,32,39-40,42H,12-16,35H2,1-2H3,(H,36,41);1H/t17-,22-,23-,24-,32+,34-;/m0./s1. The number of ether oxygens (including phenoxy) is 4. The molecule has 3 aliphatic rings. The van der Waals surface area contributed by atoms with Crippen LogP contribution in [0, 0.1) is 0 Å². The van der Waals surface area contributed by atoms with Crippen LogP contribution in [-0.2, 0) is 25.4 Å². The van der Waals surface area contributed by atoms with Crippen molar-refractivity contribution in [3.63, 3.8) is 0 Å². The van der Waals surface area contributed by atoms with E-state index in [2.05, 4.69) is 5.32 Å². The lowest BCUT2D eigenvalue weighted by Crippen LogP contribution is -2.53. The van der Waals surface area contributed by atoms with Crippen molar-refractivity contribution in [3.8, 4) is 11.5 Å². The van der Waals surface area contributed by atoms with E-state index in [4.69, 9.17) is 24.7 Å². The summed E-state index contributed by atoms with van der Waals surface area (Å²) in [5.74, 6) is -2.29. The topological polar surface area (TPSA) is 187 Å². The molecule has 0 spiro atoms. The second-order valence-corrected chi connectivity index (χ2v) is 12.0. The van der Waals surface area contributed by atoms with Gasteiger partial charge < -0.3 is 40.0 Å². The summed E-state index contributed by atoms with van der Waals surface area (Å²) in [7, 11) is 1.53. The molecule has 1 heterocycles. The van der Waals surface area contributed by atoms with Gasteiger partial charge in [0.25, 0.3) is 0 Å². The van der Waals surface area contributed by atoms with Gasteiger partial charge in [-0.2, -0.15) is 0 Å². The van der Waals surface area contributed by atoms with E-state index in [1.54, 1.807) is 49.4 Å². The summed E-state index contributed by atoms with van der Waals surface area (Å²) in [6, 6.07) is 14.4. The van der Waals surface area contributed by atoms with Crippen LogP contribution in [0.5, 0.6) is 11.5 Å². The van der Waals surface area contributed by atoms with E-state index in [1.165, 1.54) is 19.2 Å². The quantitative estimate of drug-likeness (QED) is 0.178. The fourth-order valence-electron chi connectivity index (χ4n) is 6.79. The second-order valence-electron chi connectivity index (χ2n) is 12.0. The number of rotatable bonds is 7. The molecule has 6 atom stereocenters. The highest BCUT2D eigenvalue weighted by atomic mass is 35.5. The molecular formula is C34H37ClN2O10. The first kappa shape index (κ1) is 34.3. The number of nitrogens with one attached hydrogen (secondary N) is 1. The third-order valence-corrected chi connectivity index (χ3v) is 8.98. The van der Waals surface area contributed by atoms with Crippen LogP contribution in [-0.4, -0.2) is 76.8 Å². The Kier molecular flexibility index (Phi) is 9.92. The maximum absolute atomic E-state index is 13.6. The SMILES string of the molecule is CO[C@@H]1[C@H](C)O[C@@H](O[C@H]2C[C@](O)(CCOC(=O)Nc3ccccc3)Cc3c(O)c4c(c(O)c32)C(=O)c2ccccc2C4=O)C[C@@H]1N.Cl. The van der Waals surface area contributed by atoms with Crippen LogP contribution in [0.3, 0.4) is 0 Å². The van der Waals surface area contributed by atoms with E-state index in [1.807, 2.05) is 0 Å². The minimum Gasteiger partial charge on any atom is -0.507 e. The molecule has 0 unspecified atom stereocenters. The second kappa shape index (κ2) is 13.6. The number of carbonyl (C=O) groups excluding carboxylic acids is 3. The number of benzene rings is 3. The highest BCUT2D eigenvalue weighted by molar-refractivity contribution is 6.30. The molecular weight excluding hydrogens is 632 g/mol. The number of hydrogen-bond donors (Lipinski definition) is 5. The number of methoxy groups -OCH3 is 1.